The van der Waals surface area contributed by atoms with Crippen molar-refractivity contribution in [1.82, 2.24) is 15.5 Å². The lowest BCUT2D eigenvalue weighted by Gasteiger charge is -2.10. The van der Waals surface area contributed by atoms with Gasteiger partial charge in [-0.15, -0.1) is 0 Å². The Bertz CT molecular complexity index is 879. The van der Waals surface area contributed by atoms with Crippen LogP contribution in [0.5, 0.6) is 0 Å². The number of hydrogen-bond acceptors (Lipinski definition) is 5. The molecule has 0 bridgehead atoms. The van der Waals surface area contributed by atoms with E-state index in [1.165, 1.54) is 17.7 Å². The standard InChI is InChI=1S/C19H18FN3O2S/c1-12(21-18(24)15-5-3-13(4-6-15)11-26-2)19-22-17(23-25-19)14-7-9-16(20)10-8-14/h3-10,12H,11H2,1-2H3,(H,21,24). The first-order valence-electron chi connectivity index (χ1n) is 8.05. The largest absolute Gasteiger partial charge is 0.341 e. The van der Waals surface area contributed by atoms with E-state index in [0.717, 1.165) is 5.75 Å². The molecule has 0 fully saturated rings. The molecule has 1 amide bonds. The van der Waals surface area contributed by atoms with Gasteiger partial charge in [0, 0.05) is 16.9 Å². The zero-order chi connectivity index (χ0) is 18.5. The first-order valence-corrected chi connectivity index (χ1v) is 9.44. The van der Waals surface area contributed by atoms with E-state index in [1.807, 2.05) is 18.4 Å². The number of amides is 1. The van der Waals surface area contributed by atoms with Gasteiger partial charge in [-0.2, -0.15) is 16.7 Å². The summed E-state index contributed by atoms with van der Waals surface area (Å²) in [4.78, 5) is 16.6. The SMILES string of the molecule is CSCc1ccc(C(=O)NC(C)c2nc(-c3ccc(F)cc3)no2)cc1. The van der Waals surface area contributed by atoms with E-state index in [0.29, 0.717) is 17.0 Å². The Morgan fingerprint density at radius 2 is 1.88 bits per heavy atom. The molecule has 3 aromatic rings. The highest BCUT2D eigenvalue weighted by atomic mass is 32.2. The summed E-state index contributed by atoms with van der Waals surface area (Å²) >= 11 is 1.73. The molecule has 0 aliphatic rings. The summed E-state index contributed by atoms with van der Waals surface area (Å²) in [6, 6.07) is 12.8. The lowest BCUT2D eigenvalue weighted by atomic mass is 10.1. The van der Waals surface area contributed by atoms with Gasteiger partial charge in [-0.3, -0.25) is 4.79 Å². The molecule has 0 saturated carbocycles. The molecule has 1 aromatic heterocycles. The Labute approximate surface area is 155 Å². The highest BCUT2D eigenvalue weighted by molar-refractivity contribution is 7.97. The van der Waals surface area contributed by atoms with Crippen molar-refractivity contribution >= 4 is 17.7 Å². The summed E-state index contributed by atoms with van der Waals surface area (Å²) in [5.74, 6) is 1.00. The maximum absolute atomic E-state index is 13.0. The molecule has 1 heterocycles. The van der Waals surface area contributed by atoms with Crippen LogP contribution in [0.15, 0.2) is 53.1 Å². The summed E-state index contributed by atoms with van der Waals surface area (Å²) < 4.78 is 18.2. The van der Waals surface area contributed by atoms with Crippen LogP contribution >= 0.6 is 11.8 Å². The van der Waals surface area contributed by atoms with E-state index in [4.69, 9.17) is 4.52 Å². The smallest absolute Gasteiger partial charge is 0.251 e. The number of benzene rings is 2. The van der Waals surface area contributed by atoms with Crippen LogP contribution in [0.25, 0.3) is 11.4 Å². The van der Waals surface area contributed by atoms with Gasteiger partial charge in [0.1, 0.15) is 11.9 Å². The fourth-order valence-corrected chi connectivity index (χ4v) is 2.91. The Morgan fingerprint density at radius 1 is 1.19 bits per heavy atom. The molecule has 134 valence electrons. The third kappa shape index (κ3) is 4.29. The number of nitrogens with one attached hydrogen (secondary N) is 1. The predicted molar refractivity (Wildman–Crippen MR) is 99.2 cm³/mol. The Balaban J connectivity index is 1.67. The fraction of sp³-hybridized carbons (Fsp3) is 0.211. The highest BCUT2D eigenvalue weighted by Crippen LogP contribution is 2.19. The molecule has 1 unspecified atom stereocenters. The van der Waals surface area contributed by atoms with Gasteiger partial charge in [0.25, 0.3) is 5.91 Å². The van der Waals surface area contributed by atoms with Crippen LogP contribution in [-0.2, 0) is 5.75 Å². The van der Waals surface area contributed by atoms with Gasteiger partial charge in [-0.1, -0.05) is 17.3 Å². The molecule has 5 nitrogen and oxygen atoms in total. The lowest BCUT2D eigenvalue weighted by Crippen LogP contribution is -2.26. The number of carbonyl (C=O) groups excluding carboxylic acids is 1. The van der Waals surface area contributed by atoms with Crippen LogP contribution in [0.2, 0.25) is 0 Å². The summed E-state index contributed by atoms with van der Waals surface area (Å²) in [6.45, 7) is 1.77. The average molecular weight is 371 g/mol. The molecule has 3 rings (SSSR count). The third-order valence-electron chi connectivity index (χ3n) is 3.79. The summed E-state index contributed by atoms with van der Waals surface area (Å²) in [5, 5.41) is 6.72. The second-order valence-corrected chi connectivity index (χ2v) is 6.65. The number of hydrogen-bond donors (Lipinski definition) is 1. The van der Waals surface area contributed by atoms with Crippen molar-refractivity contribution in [1.29, 1.82) is 0 Å². The molecule has 2 aromatic carbocycles. The molecule has 0 spiro atoms. The summed E-state index contributed by atoms with van der Waals surface area (Å²) in [7, 11) is 0. The van der Waals surface area contributed by atoms with Gasteiger partial charge in [0.15, 0.2) is 0 Å². The zero-order valence-corrected chi connectivity index (χ0v) is 15.2. The van der Waals surface area contributed by atoms with Crippen LogP contribution in [0.1, 0.15) is 34.8 Å². The molecule has 26 heavy (non-hydrogen) atoms. The first kappa shape index (κ1) is 18.1. The van der Waals surface area contributed by atoms with E-state index < -0.39 is 6.04 Å². The molecule has 0 aliphatic carbocycles. The van der Waals surface area contributed by atoms with E-state index in [-0.39, 0.29) is 17.6 Å². The van der Waals surface area contributed by atoms with Gasteiger partial charge in [0.05, 0.1) is 0 Å². The third-order valence-corrected chi connectivity index (χ3v) is 4.41. The van der Waals surface area contributed by atoms with Crippen molar-refractivity contribution in [2.24, 2.45) is 0 Å². The van der Waals surface area contributed by atoms with Crippen LogP contribution in [-0.4, -0.2) is 22.3 Å². The Hall–Kier alpha value is -2.67. The van der Waals surface area contributed by atoms with Crippen LogP contribution in [0.3, 0.4) is 0 Å². The maximum Gasteiger partial charge on any atom is 0.251 e. The van der Waals surface area contributed by atoms with E-state index in [2.05, 4.69) is 15.5 Å². The Morgan fingerprint density at radius 3 is 2.54 bits per heavy atom. The van der Waals surface area contributed by atoms with Crippen molar-refractivity contribution in [2.75, 3.05) is 6.26 Å². The predicted octanol–water partition coefficient (Wildman–Crippen LogP) is 4.23. The monoisotopic (exact) mass is 371 g/mol. The van der Waals surface area contributed by atoms with E-state index in [1.54, 1.807) is 43.0 Å². The van der Waals surface area contributed by atoms with E-state index >= 15 is 0 Å². The molecule has 7 heteroatoms. The minimum Gasteiger partial charge on any atom is -0.341 e. The average Bonchev–Trinajstić information content (AvgIpc) is 3.13. The van der Waals surface area contributed by atoms with Gasteiger partial charge in [0.2, 0.25) is 11.7 Å². The minimum atomic E-state index is -0.449. The van der Waals surface area contributed by atoms with Crippen molar-refractivity contribution in [3.8, 4) is 11.4 Å². The molecule has 0 aliphatic heterocycles. The fourth-order valence-electron chi connectivity index (χ4n) is 2.39. The number of aromatic nitrogens is 2. The molecule has 0 radical (unpaired) electrons. The molecular weight excluding hydrogens is 353 g/mol. The summed E-state index contributed by atoms with van der Waals surface area (Å²) in [5.41, 5.74) is 2.38. The molecule has 0 saturated heterocycles. The number of carbonyl (C=O) groups is 1. The normalized spacial score (nSPS) is 12.0. The van der Waals surface area contributed by atoms with Crippen molar-refractivity contribution < 1.29 is 13.7 Å². The second kappa shape index (κ2) is 8.14. The number of rotatable bonds is 6. The van der Waals surface area contributed by atoms with Gasteiger partial charge in [-0.05, 0) is 55.1 Å². The quantitative estimate of drug-likeness (QED) is 0.702. The zero-order valence-electron chi connectivity index (χ0n) is 14.4. The van der Waals surface area contributed by atoms with Gasteiger partial charge < -0.3 is 9.84 Å². The first-order chi connectivity index (χ1) is 12.6. The van der Waals surface area contributed by atoms with Crippen molar-refractivity contribution in [3.05, 3.63) is 71.4 Å². The second-order valence-electron chi connectivity index (χ2n) is 5.79. The number of nitrogens with zero attached hydrogens (tertiary/aromatic N) is 2. The number of thioether (sulfide) groups is 1. The van der Waals surface area contributed by atoms with Gasteiger partial charge in [-0.25, -0.2) is 4.39 Å². The van der Waals surface area contributed by atoms with Crippen LogP contribution < -0.4 is 5.32 Å². The Kier molecular flexibility index (Phi) is 5.68. The maximum atomic E-state index is 13.0. The lowest BCUT2D eigenvalue weighted by molar-refractivity contribution is 0.0932. The molecular formula is C19H18FN3O2S. The van der Waals surface area contributed by atoms with Crippen LogP contribution in [0.4, 0.5) is 4.39 Å². The molecule has 1 atom stereocenters. The van der Waals surface area contributed by atoms with Crippen molar-refractivity contribution in [3.63, 3.8) is 0 Å². The summed E-state index contributed by atoms with van der Waals surface area (Å²) in [6.07, 6.45) is 2.03. The van der Waals surface area contributed by atoms with E-state index in [9.17, 15) is 9.18 Å². The molecule has 1 N–H and O–H groups in total. The highest BCUT2D eigenvalue weighted by Gasteiger charge is 2.18. The van der Waals surface area contributed by atoms with Crippen molar-refractivity contribution in [2.45, 2.75) is 18.7 Å². The van der Waals surface area contributed by atoms with Crippen LogP contribution in [0, 0.1) is 5.82 Å². The number of halogens is 1. The van der Waals surface area contributed by atoms with Gasteiger partial charge >= 0.3 is 0 Å². The minimum absolute atomic E-state index is 0.213. The topological polar surface area (TPSA) is 68.0 Å².